The maximum atomic E-state index is 3.21. The highest BCUT2D eigenvalue weighted by molar-refractivity contribution is 4.85. The molecule has 0 aliphatic rings. The first kappa shape index (κ1) is 14.9. The van der Waals surface area contributed by atoms with Crippen molar-refractivity contribution in [2.24, 2.45) is 11.3 Å². The van der Waals surface area contributed by atoms with Crippen LogP contribution in [0.3, 0.4) is 0 Å². The van der Waals surface area contributed by atoms with Gasteiger partial charge in [0.15, 0.2) is 0 Å². The fraction of sp³-hybridized carbons (Fsp3) is 1.00. The summed E-state index contributed by atoms with van der Waals surface area (Å²) in [5.74, 6) is 0.768. The molecule has 0 radical (unpaired) electrons. The van der Waals surface area contributed by atoms with Crippen molar-refractivity contribution < 1.29 is 0 Å². The lowest BCUT2D eigenvalue weighted by atomic mass is 9.73. The van der Waals surface area contributed by atoms with Crippen LogP contribution in [0.4, 0.5) is 0 Å². The van der Waals surface area contributed by atoms with Gasteiger partial charge in [-0.05, 0) is 32.4 Å². The third-order valence-corrected chi connectivity index (χ3v) is 4.33. The van der Waals surface area contributed by atoms with Crippen LogP contribution in [0, 0.1) is 11.3 Å². The third kappa shape index (κ3) is 4.12. The zero-order chi connectivity index (χ0) is 12.1. The van der Waals surface area contributed by atoms with E-state index in [1.807, 2.05) is 7.05 Å². The first-order valence-corrected chi connectivity index (χ1v) is 6.22. The molecule has 0 bridgehead atoms. The van der Waals surface area contributed by atoms with Crippen LogP contribution in [0.15, 0.2) is 0 Å². The van der Waals surface area contributed by atoms with Gasteiger partial charge in [-0.25, -0.2) is 0 Å². The zero-order valence-electron chi connectivity index (χ0n) is 11.7. The fourth-order valence-electron chi connectivity index (χ4n) is 1.99. The van der Waals surface area contributed by atoms with Crippen molar-refractivity contribution in [3.8, 4) is 0 Å². The zero-order valence-corrected chi connectivity index (χ0v) is 11.7. The smallest absolute Gasteiger partial charge is 0.0118 e. The van der Waals surface area contributed by atoms with Crippen LogP contribution in [0.1, 0.15) is 41.0 Å². The molecule has 0 aliphatic carbocycles. The van der Waals surface area contributed by atoms with Crippen molar-refractivity contribution in [3.63, 3.8) is 0 Å². The molecule has 0 rings (SSSR count). The van der Waals surface area contributed by atoms with Crippen LogP contribution in [0.2, 0.25) is 0 Å². The van der Waals surface area contributed by atoms with Crippen molar-refractivity contribution in [3.05, 3.63) is 0 Å². The summed E-state index contributed by atoms with van der Waals surface area (Å²) in [6.07, 6.45) is 1.26. The molecule has 2 nitrogen and oxygen atoms in total. The second-order valence-corrected chi connectivity index (χ2v) is 5.39. The molecule has 2 unspecified atom stereocenters. The maximum Gasteiger partial charge on any atom is 0.0118 e. The maximum absolute atomic E-state index is 3.21. The lowest BCUT2D eigenvalue weighted by molar-refractivity contribution is 0.0750. The Labute approximate surface area is 96.4 Å². The topological polar surface area (TPSA) is 15.3 Å². The van der Waals surface area contributed by atoms with Crippen molar-refractivity contribution in [1.29, 1.82) is 0 Å². The van der Waals surface area contributed by atoms with Crippen molar-refractivity contribution in [2.45, 2.75) is 47.1 Å². The van der Waals surface area contributed by atoms with Gasteiger partial charge in [0.1, 0.15) is 0 Å². The Morgan fingerprint density at radius 1 is 1.27 bits per heavy atom. The molecule has 0 saturated carbocycles. The van der Waals surface area contributed by atoms with Crippen molar-refractivity contribution >= 4 is 0 Å². The SMILES string of the molecule is CCC(C)C(C)(C)C(C)N(C)CCNC. The van der Waals surface area contributed by atoms with Crippen LogP contribution in [0.5, 0.6) is 0 Å². The van der Waals surface area contributed by atoms with Crippen LogP contribution < -0.4 is 5.32 Å². The molecule has 2 atom stereocenters. The van der Waals surface area contributed by atoms with Gasteiger partial charge in [-0.1, -0.05) is 34.1 Å². The molecule has 0 aromatic carbocycles. The van der Waals surface area contributed by atoms with E-state index in [9.17, 15) is 0 Å². The summed E-state index contributed by atoms with van der Waals surface area (Å²) >= 11 is 0. The number of rotatable bonds is 7. The summed E-state index contributed by atoms with van der Waals surface area (Å²) in [5, 5.41) is 3.21. The van der Waals surface area contributed by atoms with E-state index in [0.717, 1.165) is 19.0 Å². The van der Waals surface area contributed by atoms with E-state index in [4.69, 9.17) is 0 Å². The predicted molar refractivity (Wildman–Crippen MR) is 69.3 cm³/mol. The Kier molecular flexibility index (Phi) is 6.46. The first-order chi connectivity index (χ1) is 6.87. The molecular weight excluding hydrogens is 184 g/mol. The Hall–Kier alpha value is -0.0800. The van der Waals surface area contributed by atoms with Gasteiger partial charge in [0, 0.05) is 19.1 Å². The highest BCUT2D eigenvalue weighted by Crippen LogP contribution is 2.34. The lowest BCUT2D eigenvalue weighted by Gasteiger charge is -2.42. The minimum Gasteiger partial charge on any atom is -0.318 e. The first-order valence-electron chi connectivity index (χ1n) is 6.22. The van der Waals surface area contributed by atoms with E-state index in [1.165, 1.54) is 6.42 Å². The highest BCUT2D eigenvalue weighted by Gasteiger charge is 2.32. The minimum absolute atomic E-state index is 0.386. The van der Waals surface area contributed by atoms with Crippen LogP contribution in [-0.2, 0) is 0 Å². The summed E-state index contributed by atoms with van der Waals surface area (Å²) in [6.45, 7) is 14.0. The second-order valence-electron chi connectivity index (χ2n) is 5.39. The standard InChI is InChI=1S/C13H30N2/c1-8-11(2)13(4,5)12(3)15(7)10-9-14-6/h11-12,14H,8-10H2,1-7H3. The van der Waals surface area contributed by atoms with Crippen LogP contribution in [-0.4, -0.2) is 38.1 Å². The number of hydrogen-bond acceptors (Lipinski definition) is 2. The van der Waals surface area contributed by atoms with E-state index in [2.05, 4.69) is 51.9 Å². The third-order valence-electron chi connectivity index (χ3n) is 4.33. The molecule has 0 saturated heterocycles. The van der Waals surface area contributed by atoms with Gasteiger partial charge < -0.3 is 10.2 Å². The molecule has 0 heterocycles. The molecule has 2 heteroatoms. The molecule has 15 heavy (non-hydrogen) atoms. The molecule has 0 spiro atoms. The predicted octanol–water partition coefficient (Wildman–Crippen LogP) is 2.60. The molecule has 92 valence electrons. The van der Waals surface area contributed by atoms with E-state index < -0.39 is 0 Å². The fourth-order valence-corrected chi connectivity index (χ4v) is 1.99. The molecule has 0 fully saturated rings. The Balaban J connectivity index is 4.32. The summed E-state index contributed by atoms with van der Waals surface area (Å²) < 4.78 is 0. The molecule has 1 N–H and O–H groups in total. The van der Waals surface area contributed by atoms with E-state index >= 15 is 0 Å². The van der Waals surface area contributed by atoms with Gasteiger partial charge in [0.2, 0.25) is 0 Å². The number of hydrogen-bond donors (Lipinski definition) is 1. The molecule has 0 aromatic heterocycles. The number of nitrogens with one attached hydrogen (secondary N) is 1. The van der Waals surface area contributed by atoms with Gasteiger partial charge >= 0.3 is 0 Å². The van der Waals surface area contributed by atoms with Gasteiger partial charge in [0.05, 0.1) is 0 Å². The average molecular weight is 214 g/mol. The highest BCUT2D eigenvalue weighted by atomic mass is 15.1. The summed E-state index contributed by atoms with van der Waals surface area (Å²) in [4.78, 5) is 2.46. The normalized spacial score (nSPS) is 16.8. The van der Waals surface area contributed by atoms with E-state index in [0.29, 0.717) is 11.5 Å². The van der Waals surface area contributed by atoms with Gasteiger partial charge in [-0.3, -0.25) is 0 Å². The Morgan fingerprint density at radius 2 is 1.80 bits per heavy atom. The molecule has 0 aromatic rings. The summed E-state index contributed by atoms with van der Waals surface area (Å²) in [6, 6.07) is 0.626. The largest absolute Gasteiger partial charge is 0.318 e. The molecule has 0 amide bonds. The lowest BCUT2D eigenvalue weighted by Crippen LogP contribution is -2.46. The number of nitrogens with zero attached hydrogens (tertiary/aromatic N) is 1. The minimum atomic E-state index is 0.386. The Morgan fingerprint density at radius 3 is 2.20 bits per heavy atom. The average Bonchev–Trinajstić information content (AvgIpc) is 2.23. The molecular formula is C13H30N2. The van der Waals surface area contributed by atoms with Crippen molar-refractivity contribution in [2.75, 3.05) is 27.2 Å². The van der Waals surface area contributed by atoms with Gasteiger partial charge in [0.25, 0.3) is 0 Å². The summed E-state index contributed by atoms with van der Waals surface area (Å²) in [5.41, 5.74) is 0.386. The van der Waals surface area contributed by atoms with E-state index in [-0.39, 0.29) is 0 Å². The van der Waals surface area contributed by atoms with E-state index in [1.54, 1.807) is 0 Å². The quantitative estimate of drug-likeness (QED) is 0.701. The van der Waals surface area contributed by atoms with Crippen LogP contribution >= 0.6 is 0 Å². The summed E-state index contributed by atoms with van der Waals surface area (Å²) in [7, 11) is 4.24. The van der Waals surface area contributed by atoms with Gasteiger partial charge in [-0.2, -0.15) is 0 Å². The van der Waals surface area contributed by atoms with Crippen molar-refractivity contribution in [1.82, 2.24) is 10.2 Å². The van der Waals surface area contributed by atoms with Crippen LogP contribution in [0.25, 0.3) is 0 Å². The Bertz CT molecular complexity index is 166. The monoisotopic (exact) mass is 214 g/mol. The molecule has 0 aliphatic heterocycles. The number of likely N-dealkylation sites (N-methyl/N-ethyl adjacent to an activating group) is 2. The van der Waals surface area contributed by atoms with Gasteiger partial charge in [-0.15, -0.1) is 0 Å². The second kappa shape index (κ2) is 6.49.